The third-order valence-corrected chi connectivity index (χ3v) is 8.50. The van der Waals surface area contributed by atoms with Crippen molar-refractivity contribution in [1.29, 1.82) is 0 Å². The lowest BCUT2D eigenvalue weighted by Gasteiger charge is -2.33. The molecule has 2 aromatic rings. The fourth-order valence-corrected chi connectivity index (χ4v) is 7.21. The molecule has 1 spiro atoms. The Morgan fingerprint density at radius 1 is 1.09 bits per heavy atom. The number of nitrogens with one attached hydrogen (secondary N) is 1. The minimum Gasteiger partial charge on any atom is -0.263 e. The maximum atomic E-state index is 13.0. The van der Waals surface area contributed by atoms with Crippen LogP contribution in [0.15, 0.2) is 42.7 Å². The monoisotopic (exact) mass is 461 g/mol. The summed E-state index contributed by atoms with van der Waals surface area (Å²) in [5, 5.41) is 0. The normalized spacial score (nSPS) is 28.7. The Hall–Kier alpha value is -2.41. The molecule has 1 aromatic carbocycles. The number of rotatable bonds is 1. The van der Waals surface area contributed by atoms with Crippen LogP contribution in [0.4, 0.5) is 13.2 Å². The Bertz CT molecular complexity index is 1200. The molecule has 0 amide bonds. The van der Waals surface area contributed by atoms with Crippen molar-refractivity contribution in [2.24, 2.45) is 11.8 Å². The van der Waals surface area contributed by atoms with Gasteiger partial charge in [0.2, 0.25) is 0 Å². The molecule has 5 rings (SSSR count). The van der Waals surface area contributed by atoms with E-state index in [9.17, 15) is 21.6 Å². The standard InChI is InChI=1S/C23H22F3N3O2S/c24-23(25,26)15-29-14-22(28-32(29,30)31)20-7-8-21(22)12-19-10-16(5-6-18(19)11-20)3-4-17-2-1-9-27-13-17/h1-2,5-6,9-10,13,20-21,28H,7-8,11-12,14-15H2/t20-,21+,22+/m0/s1. The van der Waals surface area contributed by atoms with Gasteiger partial charge in [0, 0.05) is 30.1 Å². The summed E-state index contributed by atoms with van der Waals surface area (Å²) < 4.78 is 67.4. The average Bonchev–Trinajstić information content (AvgIpc) is 3.11. The summed E-state index contributed by atoms with van der Waals surface area (Å²) >= 11 is 0. The van der Waals surface area contributed by atoms with E-state index < -0.39 is 28.5 Å². The van der Waals surface area contributed by atoms with Crippen LogP contribution in [0.25, 0.3) is 0 Å². The number of nitrogens with zero attached hydrogens (tertiary/aromatic N) is 2. The number of benzene rings is 1. The summed E-state index contributed by atoms with van der Waals surface area (Å²) in [6.07, 6.45) is 1.66. The molecule has 0 radical (unpaired) electrons. The lowest BCUT2D eigenvalue weighted by atomic mass is 9.79. The van der Waals surface area contributed by atoms with Crippen molar-refractivity contribution >= 4 is 10.2 Å². The lowest BCUT2D eigenvalue weighted by molar-refractivity contribution is -0.136. The van der Waals surface area contributed by atoms with Crippen LogP contribution in [0.3, 0.4) is 0 Å². The van der Waals surface area contributed by atoms with Crippen molar-refractivity contribution in [2.75, 3.05) is 13.1 Å². The molecule has 1 aliphatic heterocycles. The van der Waals surface area contributed by atoms with E-state index in [1.807, 2.05) is 30.3 Å². The molecule has 2 fully saturated rings. The van der Waals surface area contributed by atoms with E-state index in [0.29, 0.717) is 17.1 Å². The van der Waals surface area contributed by atoms with Crippen LogP contribution in [0.2, 0.25) is 0 Å². The molecule has 9 heteroatoms. The highest BCUT2D eigenvalue weighted by molar-refractivity contribution is 7.87. The quantitative estimate of drug-likeness (QED) is 0.664. The zero-order chi connectivity index (χ0) is 22.6. The molecule has 3 aliphatic rings. The van der Waals surface area contributed by atoms with Crippen molar-refractivity contribution in [3.63, 3.8) is 0 Å². The number of hydrogen-bond acceptors (Lipinski definition) is 3. The zero-order valence-electron chi connectivity index (χ0n) is 17.2. The van der Waals surface area contributed by atoms with Crippen LogP contribution in [-0.4, -0.2) is 42.5 Å². The lowest BCUT2D eigenvalue weighted by Crippen LogP contribution is -2.52. The summed E-state index contributed by atoms with van der Waals surface area (Å²) in [5.74, 6) is 6.15. The Kier molecular flexibility index (Phi) is 5.08. The summed E-state index contributed by atoms with van der Waals surface area (Å²) in [4.78, 5) is 4.05. The van der Waals surface area contributed by atoms with Crippen molar-refractivity contribution in [3.8, 4) is 11.8 Å². The number of alkyl halides is 3. The van der Waals surface area contributed by atoms with Crippen molar-refractivity contribution < 1.29 is 21.6 Å². The first-order valence-corrected chi connectivity index (χ1v) is 12.0. The second kappa shape index (κ2) is 7.58. The molecule has 1 aromatic heterocycles. The first-order valence-electron chi connectivity index (χ1n) is 10.5. The summed E-state index contributed by atoms with van der Waals surface area (Å²) in [5.41, 5.74) is 3.03. The van der Waals surface area contributed by atoms with Gasteiger partial charge in [-0.25, -0.2) is 0 Å². The number of fused-ring (bicyclic) bond motifs is 1. The highest BCUT2D eigenvalue weighted by Crippen LogP contribution is 2.50. The average molecular weight is 462 g/mol. The largest absolute Gasteiger partial charge is 0.402 e. The van der Waals surface area contributed by atoms with E-state index in [1.165, 1.54) is 0 Å². The first-order chi connectivity index (χ1) is 15.1. The number of pyridine rings is 1. The molecule has 1 saturated heterocycles. The van der Waals surface area contributed by atoms with Gasteiger partial charge in [0.15, 0.2) is 0 Å². The van der Waals surface area contributed by atoms with Crippen LogP contribution < -0.4 is 4.72 Å². The van der Waals surface area contributed by atoms with E-state index in [1.54, 1.807) is 12.4 Å². The maximum Gasteiger partial charge on any atom is 0.402 e. The Balaban J connectivity index is 1.43. The predicted octanol–water partition coefficient (Wildman–Crippen LogP) is 3.06. The smallest absolute Gasteiger partial charge is 0.263 e. The minimum atomic E-state index is -4.57. The molecule has 2 aliphatic carbocycles. The van der Waals surface area contributed by atoms with Gasteiger partial charge in [-0.3, -0.25) is 4.98 Å². The molecule has 2 bridgehead atoms. The van der Waals surface area contributed by atoms with Gasteiger partial charge in [-0.15, -0.1) is 0 Å². The van der Waals surface area contributed by atoms with E-state index in [2.05, 4.69) is 21.5 Å². The molecule has 168 valence electrons. The van der Waals surface area contributed by atoms with E-state index in [0.717, 1.165) is 35.1 Å². The van der Waals surface area contributed by atoms with Crippen molar-refractivity contribution in [1.82, 2.24) is 14.0 Å². The van der Waals surface area contributed by atoms with Gasteiger partial charge in [0.25, 0.3) is 10.2 Å². The molecule has 32 heavy (non-hydrogen) atoms. The van der Waals surface area contributed by atoms with Crippen LogP contribution in [0.5, 0.6) is 0 Å². The topological polar surface area (TPSA) is 62.3 Å². The maximum absolute atomic E-state index is 13.0. The van der Waals surface area contributed by atoms with Gasteiger partial charge in [-0.1, -0.05) is 17.9 Å². The summed E-state index contributed by atoms with van der Waals surface area (Å²) in [6, 6.07) is 9.70. The molecular formula is C23H22F3N3O2S. The molecule has 5 nitrogen and oxygen atoms in total. The Morgan fingerprint density at radius 3 is 2.50 bits per heavy atom. The second-order valence-electron chi connectivity index (χ2n) is 8.89. The number of hydrogen-bond donors (Lipinski definition) is 1. The van der Waals surface area contributed by atoms with E-state index >= 15 is 0 Å². The fraction of sp³-hybridized carbons (Fsp3) is 0.435. The molecule has 0 unspecified atom stereocenters. The Morgan fingerprint density at radius 2 is 1.81 bits per heavy atom. The predicted molar refractivity (Wildman–Crippen MR) is 113 cm³/mol. The van der Waals surface area contributed by atoms with E-state index in [4.69, 9.17) is 0 Å². The highest BCUT2D eigenvalue weighted by atomic mass is 32.2. The van der Waals surface area contributed by atoms with Crippen LogP contribution in [0, 0.1) is 23.7 Å². The van der Waals surface area contributed by atoms with Crippen molar-refractivity contribution in [3.05, 3.63) is 65.0 Å². The Labute approximate surface area is 185 Å². The summed E-state index contributed by atoms with van der Waals surface area (Å²) in [6.45, 7) is -1.59. The molecule has 1 N–H and O–H groups in total. The minimum absolute atomic E-state index is 0.0333. The molecule has 1 saturated carbocycles. The van der Waals surface area contributed by atoms with Crippen LogP contribution >= 0.6 is 0 Å². The highest BCUT2D eigenvalue weighted by Gasteiger charge is 2.60. The van der Waals surface area contributed by atoms with Crippen molar-refractivity contribution in [2.45, 2.75) is 37.4 Å². The summed E-state index contributed by atoms with van der Waals surface area (Å²) in [7, 11) is -4.17. The first kappa shape index (κ1) is 21.4. The third-order valence-electron chi connectivity index (χ3n) is 6.92. The van der Waals surface area contributed by atoms with Gasteiger partial charge in [-0.05, 0) is 72.9 Å². The number of aromatic nitrogens is 1. The van der Waals surface area contributed by atoms with Gasteiger partial charge in [-0.2, -0.15) is 30.6 Å². The molecular weight excluding hydrogens is 439 g/mol. The van der Waals surface area contributed by atoms with Gasteiger partial charge in [0.05, 0.1) is 5.54 Å². The molecule has 3 atom stereocenters. The van der Waals surface area contributed by atoms with Crippen LogP contribution in [-0.2, 0) is 23.1 Å². The van der Waals surface area contributed by atoms with Gasteiger partial charge >= 0.3 is 6.18 Å². The zero-order valence-corrected chi connectivity index (χ0v) is 18.0. The van der Waals surface area contributed by atoms with Gasteiger partial charge in [0.1, 0.15) is 6.54 Å². The SMILES string of the molecule is O=S1(=O)N[C@@]2(CN1CC(F)(F)F)[C@@H]1CC[C@H]2Cc2ccc(C#Cc3cccnc3)cc2C1. The van der Waals surface area contributed by atoms with Gasteiger partial charge < -0.3 is 0 Å². The molecule has 2 heterocycles. The van der Waals surface area contributed by atoms with Crippen LogP contribution in [0.1, 0.15) is 35.1 Å². The second-order valence-corrected chi connectivity index (χ2v) is 10.6. The number of halogens is 3. The fourth-order valence-electron chi connectivity index (χ4n) is 5.50. The van der Waals surface area contributed by atoms with E-state index in [-0.39, 0.29) is 18.4 Å². The third kappa shape index (κ3) is 3.91.